The highest BCUT2D eigenvalue weighted by molar-refractivity contribution is 5.94. The predicted octanol–water partition coefficient (Wildman–Crippen LogP) is 1.69. The Balaban J connectivity index is 2.18. The number of hydrogen-bond donors (Lipinski definition) is 2. The summed E-state index contributed by atoms with van der Waals surface area (Å²) in [6.07, 6.45) is 1.54. The fourth-order valence-corrected chi connectivity index (χ4v) is 2.36. The zero-order valence-electron chi connectivity index (χ0n) is 10.8. The van der Waals surface area contributed by atoms with E-state index in [0.717, 1.165) is 12.8 Å². The quantitative estimate of drug-likeness (QED) is 0.796. The van der Waals surface area contributed by atoms with Crippen LogP contribution in [0.5, 0.6) is 5.75 Å². The Morgan fingerprint density at radius 2 is 2.17 bits per heavy atom. The third-order valence-corrected chi connectivity index (χ3v) is 3.41. The van der Waals surface area contributed by atoms with E-state index in [4.69, 9.17) is 0 Å². The molecule has 0 saturated carbocycles. The Hall–Kier alpha value is -1.55. The van der Waals surface area contributed by atoms with Crippen LogP contribution in [-0.4, -0.2) is 39.7 Å². The van der Waals surface area contributed by atoms with Crippen molar-refractivity contribution < 1.29 is 15.0 Å². The molecule has 0 aliphatic carbocycles. The molecule has 1 aliphatic heterocycles. The number of amides is 1. The first kappa shape index (κ1) is 12.9. The molecule has 18 heavy (non-hydrogen) atoms. The molecule has 4 heteroatoms. The predicted molar refractivity (Wildman–Crippen MR) is 68.6 cm³/mol. The van der Waals surface area contributed by atoms with E-state index in [2.05, 4.69) is 0 Å². The van der Waals surface area contributed by atoms with Gasteiger partial charge in [-0.25, -0.2) is 0 Å². The second-order valence-corrected chi connectivity index (χ2v) is 5.33. The smallest absolute Gasteiger partial charge is 0.253 e. The van der Waals surface area contributed by atoms with E-state index in [-0.39, 0.29) is 11.7 Å². The topological polar surface area (TPSA) is 60.8 Å². The van der Waals surface area contributed by atoms with E-state index in [0.29, 0.717) is 24.2 Å². The molecule has 0 bridgehead atoms. The van der Waals surface area contributed by atoms with E-state index < -0.39 is 5.60 Å². The summed E-state index contributed by atoms with van der Waals surface area (Å²) < 4.78 is 0. The zero-order valence-corrected chi connectivity index (χ0v) is 10.8. The highest BCUT2D eigenvalue weighted by Crippen LogP contribution is 2.23. The molecule has 1 saturated heterocycles. The first-order valence-electron chi connectivity index (χ1n) is 6.20. The molecule has 1 atom stereocenters. The summed E-state index contributed by atoms with van der Waals surface area (Å²) in [5.74, 6) is 0.107. The molecule has 1 amide bonds. The SMILES string of the molecule is Cc1cc(C(=O)N2CCCC(C)(O)C2)ccc1O. The maximum Gasteiger partial charge on any atom is 0.253 e. The number of likely N-dealkylation sites (tertiary alicyclic amines) is 1. The molecule has 1 aliphatic rings. The third-order valence-electron chi connectivity index (χ3n) is 3.41. The van der Waals surface area contributed by atoms with E-state index in [1.54, 1.807) is 30.9 Å². The molecule has 98 valence electrons. The van der Waals surface area contributed by atoms with Gasteiger partial charge >= 0.3 is 0 Å². The Morgan fingerprint density at radius 1 is 1.44 bits per heavy atom. The molecular formula is C14H19NO3. The summed E-state index contributed by atoms with van der Waals surface area (Å²) in [6, 6.07) is 4.83. The largest absolute Gasteiger partial charge is 0.508 e. The van der Waals surface area contributed by atoms with Crippen molar-refractivity contribution in [2.75, 3.05) is 13.1 Å². The Bertz CT molecular complexity index is 468. The van der Waals surface area contributed by atoms with Crippen molar-refractivity contribution in [1.29, 1.82) is 0 Å². The van der Waals surface area contributed by atoms with Crippen molar-refractivity contribution in [3.8, 4) is 5.75 Å². The van der Waals surface area contributed by atoms with Gasteiger partial charge in [0.05, 0.1) is 5.60 Å². The molecule has 2 rings (SSSR count). The van der Waals surface area contributed by atoms with Gasteiger partial charge in [-0.15, -0.1) is 0 Å². The second-order valence-electron chi connectivity index (χ2n) is 5.33. The van der Waals surface area contributed by atoms with Crippen LogP contribution in [0.15, 0.2) is 18.2 Å². The van der Waals surface area contributed by atoms with Gasteiger partial charge in [0.15, 0.2) is 0 Å². The van der Waals surface area contributed by atoms with E-state index in [1.807, 2.05) is 0 Å². The van der Waals surface area contributed by atoms with Crippen LogP contribution in [0.25, 0.3) is 0 Å². The lowest BCUT2D eigenvalue weighted by Crippen LogP contribution is -2.48. The van der Waals surface area contributed by atoms with Gasteiger partial charge in [-0.3, -0.25) is 4.79 Å². The van der Waals surface area contributed by atoms with Crippen molar-refractivity contribution in [2.45, 2.75) is 32.3 Å². The third kappa shape index (κ3) is 2.64. The summed E-state index contributed by atoms with van der Waals surface area (Å²) >= 11 is 0. The number of β-amino-alcohol motifs (C(OH)–C–C–N with tert-alkyl or cyclic N) is 1. The van der Waals surface area contributed by atoms with E-state index in [1.165, 1.54) is 6.07 Å². The zero-order chi connectivity index (χ0) is 13.3. The fraction of sp³-hybridized carbons (Fsp3) is 0.500. The lowest BCUT2D eigenvalue weighted by Gasteiger charge is -2.36. The standard InChI is InChI=1S/C14H19NO3/c1-10-8-11(4-5-12(10)16)13(17)15-7-3-6-14(2,18)9-15/h4-5,8,16,18H,3,6-7,9H2,1-2H3. The van der Waals surface area contributed by atoms with Crippen LogP contribution >= 0.6 is 0 Å². The van der Waals surface area contributed by atoms with Crippen LogP contribution in [0.4, 0.5) is 0 Å². The van der Waals surface area contributed by atoms with Gasteiger partial charge in [0, 0.05) is 18.7 Å². The van der Waals surface area contributed by atoms with Crippen LogP contribution in [0.2, 0.25) is 0 Å². The number of benzene rings is 1. The molecular weight excluding hydrogens is 230 g/mol. The number of nitrogens with zero attached hydrogens (tertiary/aromatic N) is 1. The van der Waals surface area contributed by atoms with Gasteiger partial charge in [0.2, 0.25) is 0 Å². The number of carbonyl (C=O) groups is 1. The number of carbonyl (C=O) groups excluding carboxylic acids is 1. The number of rotatable bonds is 1. The van der Waals surface area contributed by atoms with Crippen LogP contribution in [0.1, 0.15) is 35.7 Å². The highest BCUT2D eigenvalue weighted by Gasteiger charge is 2.31. The minimum Gasteiger partial charge on any atom is -0.508 e. The van der Waals surface area contributed by atoms with Crippen molar-refractivity contribution in [3.63, 3.8) is 0 Å². The normalized spacial score (nSPS) is 24.1. The number of phenols is 1. The number of aromatic hydroxyl groups is 1. The van der Waals surface area contributed by atoms with E-state index >= 15 is 0 Å². The number of phenolic OH excluding ortho intramolecular Hbond substituents is 1. The Labute approximate surface area is 107 Å². The summed E-state index contributed by atoms with van der Waals surface area (Å²) in [4.78, 5) is 14.0. The maximum absolute atomic E-state index is 12.3. The van der Waals surface area contributed by atoms with Gasteiger partial charge in [-0.05, 0) is 50.5 Å². The lowest BCUT2D eigenvalue weighted by atomic mass is 9.94. The van der Waals surface area contributed by atoms with Crippen molar-refractivity contribution in [3.05, 3.63) is 29.3 Å². The molecule has 2 N–H and O–H groups in total. The average Bonchev–Trinajstić information content (AvgIpc) is 2.30. The number of hydrogen-bond acceptors (Lipinski definition) is 3. The van der Waals surface area contributed by atoms with Crippen LogP contribution < -0.4 is 0 Å². The van der Waals surface area contributed by atoms with Gasteiger partial charge in [-0.1, -0.05) is 0 Å². The monoisotopic (exact) mass is 249 g/mol. The Kier molecular flexibility index (Phi) is 3.30. The number of aliphatic hydroxyl groups is 1. The van der Waals surface area contributed by atoms with Crippen molar-refractivity contribution in [2.24, 2.45) is 0 Å². The molecule has 0 aromatic heterocycles. The van der Waals surface area contributed by atoms with Crippen molar-refractivity contribution in [1.82, 2.24) is 4.90 Å². The molecule has 1 heterocycles. The first-order chi connectivity index (χ1) is 8.39. The van der Waals surface area contributed by atoms with Gasteiger partial charge in [0.1, 0.15) is 5.75 Å². The molecule has 4 nitrogen and oxygen atoms in total. The maximum atomic E-state index is 12.3. The van der Waals surface area contributed by atoms with Gasteiger partial charge < -0.3 is 15.1 Å². The summed E-state index contributed by atoms with van der Waals surface area (Å²) in [5.41, 5.74) is 0.451. The Morgan fingerprint density at radius 3 is 2.78 bits per heavy atom. The number of piperidine rings is 1. The van der Waals surface area contributed by atoms with Gasteiger partial charge in [0.25, 0.3) is 5.91 Å². The second kappa shape index (κ2) is 4.61. The molecule has 1 fully saturated rings. The van der Waals surface area contributed by atoms with E-state index in [9.17, 15) is 15.0 Å². The summed E-state index contributed by atoms with van der Waals surface area (Å²) in [6.45, 7) is 4.56. The minimum absolute atomic E-state index is 0.0851. The molecule has 1 aromatic carbocycles. The molecule has 0 radical (unpaired) electrons. The fourth-order valence-electron chi connectivity index (χ4n) is 2.36. The summed E-state index contributed by atoms with van der Waals surface area (Å²) in [7, 11) is 0. The van der Waals surface area contributed by atoms with Crippen molar-refractivity contribution >= 4 is 5.91 Å². The van der Waals surface area contributed by atoms with Crippen LogP contribution in [0.3, 0.4) is 0 Å². The van der Waals surface area contributed by atoms with Crippen LogP contribution in [-0.2, 0) is 0 Å². The minimum atomic E-state index is -0.792. The molecule has 1 aromatic rings. The average molecular weight is 249 g/mol. The molecule has 1 unspecified atom stereocenters. The first-order valence-corrected chi connectivity index (χ1v) is 6.20. The number of aryl methyl sites for hydroxylation is 1. The molecule has 0 spiro atoms. The van der Waals surface area contributed by atoms with Crippen LogP contribution in [0, 0.1) is 6.92 Å². The highest BCUT2D eigenvalue weighted by atomic mass is 16.3. The van der Waals surface area contributed by atoms with Gasteiger partial charge in [-0.2, -0.15) is 0 Å². The lowest BCUT2D eigenvalue weighted by molar-refractivity contribution is -0.0107. The summed E-state index contributed by atoms with van der Waals surface area (Å²) in [5, 5.41) is 19.5.